The van der Waals surface area contributed by atoms with Gasteiger partial charge < -0.3 is 5.32 Å². The van der Waals surface area contributed by atoms with Crippen LogP contribution in [0, 0.1) is 0 Å². The first kappa shape index (κ1) is 5.72. The van der Waals surface area contributed by atoms with Crippen molar-refractivity contribution in [3.8, 4) is 0 Å². The van der Waals surface area contributed by atoms with Gasteiger partial charge in [-0.15, -0.1) is 0 Å². The predicted octanol–water partition coefficient (Wildman–Crippen LogP) is 0.655. The third-order valence-corrected chi connectivity index (χ3v) is 2.84. The fourth-order valence-corrected chi connectivity index (χ4v) is 2.34. The van der Waals surface area contributed by atoms with Crippen molar-refractivity contribution in [1.82, 2.24) is 0 Å². The van der Waals surface area contributed by atoms with E-state index < -0.39 is 0 Å². The first-order chi connectivity index (χ1) is 4.45. The Kier molecular flexibility index (Phi) is 1.46. The SMILES string of the molecule is C1CC2CCCC(C1)[NH2+]2. The molecule has 1 heteroatoms. The highest BCUT2D eigenvalue weighted by atomic mass is 15.0. The molecule has 2 fully saturated rings. The van der Waals surface area contributed by atoms with E-state index in [2.05, 4.69) is 5.32 Å². The molecule has 9 heavy (non-hydrogen) atoms. The molecule has 0 radical (unpaired) electrons. The Morgan fingerprint density at radius 3 is 1.56 bits per heavy atom. The average Bonchev–Trinajstić information content (AvgIpc) is 1.88. The number of hydrogen-bond donors (Lipinski definition) is 1. The zero-order valence-electron chi connectivity index (χ0n) is 5.97. The van der Waals surface area contributed by atoms with Crippen molar-refractivity contribution in [2.45, 2.75) is 50.6 Å². The zero-order chi connectivity index (χ0) is 6.10. The third kappa shape index (κ3) is 1.11. The minimum absolute atomic E-state index is 1.03. The molecular formula is C8H16N+. The Labute approximate surface area is 56.8 Å². The van der Waals surface area contributed by atoms with Crippen molar-refractivity contribution in [2.75, 3.05) is 0 Å². The zero-order valence-corrected chi connectivity index (χ0v) is 5.97. The lowest BCUT2D eigenvalue weighted by Gasteiger charge is -2.32. The summed E-state index contributed by atoms with van der Waals surface area (Å²) in [7, 11) is 0. The normalized spacial score (nSPS) is 42.7. The molecule has 2 aliphatic rings. The molecule has 0 atom stereocenters. The molecule has 0 aromatic carbocycles. The van der Waals surface area contributed by atoms with Crippen LogP contribution in [0.2, 0.25) is 0 Å². The van der Waals surface area contributed by atoms with Crippen LogP contribution in [-0.4, -0.2) is 12.1 Å². The highest BCUT2D eigenvalue weighted by Crippen LogP contribution is 2.18. The first-order valence-corrected chi connectivity index (χ1v) is 4.30. The second kappa shape index (κ2) is 2.30. The number of quaternary nitrogens is 1. The van der Waals surface area contributed by atoms with Crippen LogP contribution in [0.5, 0.6) is 0 Å². The summed E-state index contributed by atoms with van der Waals surface area (Å²) in [4.78, 5) is 0. The Balaban J connectivity index is 1.96. The fourth-order valence-electron chi connectivity index (χ4n) is 2.34. The molecule has 2 heterocycles. The molecule has 0 aromatic rings. The van der Waals surface area contributed by atoms with Crippen LogP contribution >= 0.6 is 0 Å². The summed E-state index contributed by atoms with van der Waals surface area (Å²) in [6.07, 6.45) is 9.00. The van der Waals surface area contributed by atoms with E-state index in [1.54, 1.807) is 0 Å². The fraction of sp³-hybridized carbons (Fsp3) is 1.00. The van der Waals surface area contributed by atoms with Crippen molar-refractivity contribution < 1.29 is 5.32 Å². The molecule has 0 unspecified atom stereocenters. The molecule has 0 aromatic heterocycles. The van der Waals surface area contributed by atoms with Gasteiger partial charge in [0.2, 0.25) is 0 Å². The second-order valence-electron chi connectivity index (χ2n) is 3.57. The highest BCUT2D eigenvalue weighted by Gasteiger charge is 2.28. The lowest BCUT2D eigenvalue weighted by molar-refractivity contribution is -0.738. The van der Waals surface area contributed by atoms with Gasteiger partial charge in [0.25, 0.3) is 0 Å². The minimum Gasteiger partial charge on any atom is -0.341 e. The Morgan fingerprint density at radius 1 is 0.778 bits per heavy atom. The maximum absolute atomic E-state index is 2.62. The molecule has 0 saturated carbocycles. The van der Waals surface area contributed by atoms with E-state index in [-0.39, 0.29) is 0 Å². The van der Waals surface area contributed by atoms with Crippen LogP contribution in [0.25, 0.3) is 0 Å². The third-order valence-electron chi connectivity index (χ3n) is 2.84. The monoisotopic (exact) mass is 126 g/mol. The molecular weight excluding hydrogens is 110 g/mol. The van der Waals surface area contributed by atoms with E-state index in [0.717, 1.165) is 12.1 Å². The summed E-state index contributed by atoms with van der Waals surface area (Å²) in [5.74, 6) is 0. The smallest absolute Gasteiger partial charge is 0.0861 e. The van der Waals surface area contributed by atoms with Gasteiger partial charge in [0.05, 0.1) is 12.1 Å². The largest absolute Gasteiger partial charge is 0.341 e. The molecule has 1 nitrogen and oxygen atoms in total. The van der Waals surface area contributed by atoms with Crippen LogP contribution < -0.4 is 5.32 Å². The van der Waals surface area contributed by atoms with E-state index in [1.807, 2.05) is 0 Å². The summed E-state index contributed by atoms with van der Waals surface area (Å²) < 4.78 is 0. The summed E-state index contributed by atoms with van der Waals surface area (Å²) in [5, 5.41) is 2.62. The molecule has 2 N–H and O–H groups in total. The van der Waals surface area contributed by atoms with E-state index in [4.69, 9.17) is 0 Å². The number of piperidine rings is 2. The van der Waals surface area contributed by atoms with E-state index in [0.29, 0.717) is 0 Å². The van der Waals surface area contributed by atoms with Crippen molar-refractivity contribution in [1.29, 1.82) is 0 Å². The molecule has 2 rings (SSSR count). The summed E-state index contributed by atoms with van der Waals surface area (Å²) in [5.41, 5.74) is 0. The molecule has 0 spiro atoms. The molecule has 2 bridgehead atoms. The molecule has 2 aliphatic heterocycles. The van der Waals surface area contributed by atoms with Crippen LogP contribution in [-0.2, 0) is 0 Å². The standard InChI is InChI=1S/C8H15N/c1-3-7-5-2-6-8(4-1)9-7/h7-9H,1-6H2/p+1. The molecule has 52 valence electrons. The molecule has 0 aliphatic carbocycles. The maximum atomic E-state index is 2.62. The van der Waals surface area contributed by atoms with Gasteiger partial charge in [-0.3, -0.25) is 0 Å². The maximum Gasteiger partial charge on any atom is 0.0861 e. The van der Waals surface area contributed by atoms with E-state index >= 15 is 0 Å². The first-order valence-electron chi connectivity index (χ1n) is 4.30. The lowest BCUT2D eigenvalue weighted by Crippen LogP contribution is -2.97. The van der Waals surface area contributed by atoms with Gasteiger partial charge in [0.1, 0.15) is 0 Å². The van der Waals surface area contributed by atoms with Gasteiger partial charge >= 0.3 is 0 Å². The quantitative estimate of drug-likeness (QED) is 0.491. The Bertz CT molecular complexity index is 80.7. The van der Waals surface area contributed by atoms with Crippen LogP contribution in [0.3, 0.4) is 0 Å². The predicted molar refractivity (Wildman–Crippen MR) is 37.2 cm³/mol. The number of nitrogens with two attached hydrogens (primary N) is 1. The van der Waals surface area contributed by atoms with Crippen molar-refractivity contribution in [2.24, 2.45) is 0 Å². The average molecular weight is 126 g/mol. The van der Waals surface area contributed by atoms with Crippen molar-refractivity contribution in [3.63, 3.8) is 0 Å². The second-order valence-corrected chi connectivity index (χ2v) is 3.57. The van der Waals surface area contributed by atoms with Gasteiger partial charge in [-0.25, -0.2) is 0 Å². The van der Waals surface area contributed by atoms with Crippen LogP contribution in [0.15, 0.2) is 0 Å². The van der Waals surface area contributed by atoms with Crippen LogP contribution in [0.4, 0.5) is 0 Å². The van der Waals surface area contributed by atoms with E-state index in [9.17, 15) is 0 Å². The van der Waals surface area contributed by atoms with Crippen molar-refractivity contribution >= 4 is 0 Å². The Morgan fingerprint density at radius 2 is 1.22 bits per heavy atom. The van der Waals surface area contributed by atoms with Crippen LogP contribution in [0.1, 0.15) is 38.5 Å². The number of hydrogen-bond acceptors (Lipinski definition) is 0. The lowest BCUT2D eigenvalue weighted by atomic mass is 9.87. The van der Waals surface area contributed by atoms with Gasteiger partial charge in [-0.05, 0) is 38.5 Å². The topological polar surface area (TPSA) is 16.6 Å². The van der Waals surface area contributed by atoms with E-state index in [1.165, 1.54) is 38.5 Å². The number of fused-ring (bicyclic) bond motifs is 2. The summed E-state index contributed by atoms with van der Waals surface area (Å²) in [6.45, 7) is 0. The molecule has 2 saturated heterocycles. The van der Waals surface area contributed by atoms with Gasteiger partial charge in [0, 0.05) is 0 Å². The summed E-state index contributed by atoms with van der Waals surface area (Å²) >= 11 is 0. The molecule has 0 amide bonds. The van der Waals surface area contributed by atoms with Crippen molar-refractivity contribution in [3.05, 3.63) is 0 Å². The van der Waals surface area contributed by atoms with Gasteiger partial charge in [-0.1, -0.05) is 0 Å². The highest BCUT2D eigenvalue weighted by molar-refractivity contribution is 4.71. The van der Waals surface area contributed by atoms with Gasteiger partial charge in [0.15, 0.2) is 0 Å². The number of rotatable bonds is 0. The Hall–Kier alpha value is -0.0400. The summed E-state index contributed by atoms with van der Waals surface area (Å²) in [6, 6.07) is 2.05. The minimum atomic E-state index is 1.03. The van der Waals surface area contributed by atoms with Gasteiger partial charge in [-0.2, -0.15) is 0 Å².